The molecule has 0 bridgehead atoms. The van der Waals surface area contributed by atoms with Gasteiger partial charge in [-0.05, 0) is 61.6 Å². The molecule has 2 amide bonds. The first-order valence-electron chi connectivity index (χ1n) is 13.0. The largest absolute Gasteiger partial charge is 0.468 e. The highest BCUT2D eigenvalue weighted by Crippen LogP contribution is 2.18. The minimum atomic E-state index is -0.791. The zero-order valence-electron chi connectivity index (χ0n) is 21.7. The van der Waals surface area contributed by atoms with Gasteiger partial charge in [-0.2, -0.15) is 0 Å². The summed E-state index contributed by atoms with van der Waals surface area (Å²) in [6.45, 7) is 4.30. The quantitative estimate of drug-likeness (QED) is 0.324. The molecule has 2 aromatic rings. The van der Waals surface area contributed by atoms with E-state index in [0.717, 1.165) is 30.6 Å². The van der Waals surface area contributed by atoms with E-state index in [1.165, 1.54) is 11.8 Å². The average molecular weight is 527 g/mol. The minimum Gasteiger partial charge on any atom is -0.468 e. The highest BCUT2D eigenvalue weighted by Gasteiger charge is 2.28. The molecule has 0 aliphatic heterocycles. The van der Waals surface area contributed by atoms with Crippen LogP contribution < -0.4 is 10.6 Å². The SMILES string of the molecule is CC(C)C[C@H](NC(=O)OCC1CC=CCC1)C(=O)N[C@@H](Cc1ccccc1)C(=O)CSCc1ccco1. The van der Waals surface area contributed by atoms with Crippen LogP contribution in [0.2, 0.25) is 0 Å². The second-order valence-corrected chi connectivity index (χ2v) is 10.9. The number of hydrogen-bond acceptors (Lipinski definition) is 6. The van der Waals surface area contributed by atoms with Crippen LogP contribution in [0.15, 0.2) is 65.3 Å². The van der Waals surface area contributed by atoms with Gasteiger partial charge in [0.2, 0.25) is 5.91 Å². The van der Waals surface area contributed by atoms with Crippen molar-refractivity contribution in [3.05, 3.63) is 72.2 Å². The molecule has 8 heteroatoms. The fourth-order valence-electron chi connectivity index (χ4n) is 4.20. The van der Waals surface area contributed by atoms with E-state index < -0.39 is 18.2 Å². The summed E-state index contributed by atoms with van der Waals surface area (Å²) < 4.78 is 10.8. The van der Waals surface area contributed by atoms with Gasteiger partial charge in [0, 0.05) is 0 Å². The van der Waals surface area contributed by atoms with Crippen LogP contribution in [0.5, 0.6) is 0 Å². The molecule has 1 aliphatic rings. The Hall–Kier alpha value is -3.00. The van der Waals surface area contributed by atoms with Gasteiger partial charge < -0.3 is 19.8 Å². The van der Waals surface area contributed by atoms with E-state index in [1.54, 1.807) is 6.26 Å². The number of allylic oxidation sites excluding steroid dienone is 2. The van der Waals surface area contributed by atoms with Crippen molar-refractivity contribution in [2.24, 2.45) is 11.8 Å². The number of alkyl carbamates (subject to hydrolysis) is 1. The Morgan fingerprint density at radius 2 is 1.86 bits per heavy atom. The highest BCUT2D eigenvalue weighted by molar-refractivity contribution is 7.99. The van der Waals surface area contributed by atoms with Crippen molar-refractivity contribution in [3.8, 4) is 0 Å². The van der Waals surface area contributed by atoms with E-state index in [9.17, 15) is 14.4 Å². The smallest absolute Gasteiger partial charge is 0.407 e. The van der Waals surface area contributed by atoms with E-state index in [2.05, 4.69) is 22.8 Å². The summed E-state index contributed by atoms with van der Waals surface area (Å²) in [5, 5.41) is 5.66. The molecule has 0 fully saturated rings. The van der Waals surface area contributed by atoms with Gasteiger partial charge in [0.15, 0.2) is 5.78 Å². The van der Waals surface area contributed by atoms with Gasteiger partial charge in [0.05, 0.1) is 30.4 Å². The number of ether oxygens (including phenoxy) is 1. The van der Waals surface area contributed by atoms with Crippen LogP contribution in [0.25, 0.3) is 0 Å². The molecular formula is C29H38N2O5S. The lowest BCUT2D eigenvalue weighted by Gasteiger charge is -2.24. The summed E-state index contributed by atoms with van der Waals surface area (Å²) in [7, 11) is 0. The Kier molecular flexibility index (Phi) is 11.8. The normalized spacial score (nSPS) is 16.7. The molecule has 0 radical (unpaired) electrons. The summed E-state index contributed by atoms with van der Waals surface area (Å²) in [4.78, 5) is 39.0. The maximum absolute atomic E-state index is 13.3. The first kappa shape index (κ1) is 28.6. The van der Waals surface area contributed by atoms with Crippen LogP contribution in [0.3, 0.4) is 0 Å². The maximum Gasteiger partial charge on any atom is 0.407 e. The number of ketones is 1. The lowest BCUT2D eigenvalue weighted by atomic mass is 9.95. The Morgan fingerprint density at radius 1 is 1.05 bits per heavy atom. The van der Waals surface area contributed by atoms with Gasteiger partial charge in [-0.15, -0.1) is 11.8 Å². The third-order valence-corrected chi connectivity index (χ3v) is 7.18. The lowest BCUT2D eigenvalue weighted by molar-refractivity contribution is -0.128. The highest BCUT2D eigenvalue weighted by atomic mass is 32.2. The summed E-state index contributed by atoms with van der Waals surface area (Å²) in [5.41, 5.74) is 0.950. The van der Waals surface area contributed by atoms with Crippen LogP contribution in [0.1, 0.15) is 50.9 Å². The molecule has 1 aliphatic carbocycles. The van der Waals surface area contributed by atoms with Gasteiger partial charge in [0.1, 0.15) is 11.8 Å². The first-order valence-corrected chi connectivity index (χ1v) is 14.1. The van der Waals surface area contributed by atoms with Crippen molar-refractivity contribution < 1.29 is 23.5 Å². The standard InChI is InChI=1S/C29H38N2O5S/c1-21(2)16-26(31-29(34)36-18-23-12-7-4-8-13-23)28(33)30-25(17-22-10-5-3-6-11-22)27(32)20-37-19-24-14-9-15-35-24/h3-7,9-11,14-15,21,23,25-26H,8,12-13,16-20H2,1-2H3,(H,30,33)(H,31,34)/t23?,25-,26-/m0/s1. The number of benzene rings is 1. The van der Waals surface area contributed by atoms with Crippen molar-refractivity contribution in [1.82, 2.24) is 10.6 Å². The number of hydrogen-bond donors (Lipinski definition) is 2. The molecule has 7 nitrogen and oxygen atoms in total. The van der Waals surface area contributed by atoms with Gasteiger partial charge >= 0.3 is 6.09 Å². The van der Waals surface area contributed by atoms with Crippen molar-refractivity contribution in [2.45, 2.75) is 63.8 Å². The number of furan rings is 1. The van der Waals surface area contributed by atoms with Crippen LogP contribution in [-0.2, 0) is 26.5 Å². The van der Waals surface area contributed by atoms with E-state index in [0.29, 0.717) is 31.1 Å². The van der Waals surface area contributed by atoms with Crippen molar-refractivity contribution >= 4 is 29.5 Å². The van der Waals surface area contributed by atoms with Crippen LogP contribution >= 0.6 is 11.8 Å². The molecular weight excluding hydrogens is 488 g/mol. The molecule has 1 heterocycles. The van der Waals surface area contributed by atoms with Gasteiger partial charge in [0.25, 0.3) is 0 Å². The van der Waals surface area contributed by atoms with E-state index in [1.807, 2.05) is 56.3 Å². The van der Waals surface area contributed by atoms with Crippen LogP contribution in [0.4, 0.5) is 4.79 Å². The number of carbonyl (C=O) groups excluding carboxylic acids is 3. The number of carbonyl (C=O) groups is 3. The monoisotopic (exact) mass is 526 g/mol. The van der Waals surface area contributed by atoms with E-state index in [4.69, 9.17) is 9.15 Å². The molecule has 0 saturated carbocycles. The third kappa shape index (κ3) is 10.5. The van der Waals surface area contributed by atoms with Crippen molar-refractivity contribution in [1.29, 1.82) is 0 Å². The van der Waals surface area contributed by atoms with Gasteiger partial charge in [-0.3, -0.25) is 9.59 Å². The number of Topliss-reactive ketones (excluding diaryl/α,β-unsaturated/α-hetero) is 1. The van der Waals surface area contributed by atoms with Crippen molar-refractivity contribution in [2.75, 3.05) is 12.4 Å². The Bertz CT molecular complexity index is 1010. The second-order valence-electron chi connectivity index (χ2n) is 9.86. The molecule has 1 unspecified atom stereocenters. The van der Waals surface area contributed by atoms with Crippen molar-refractivity contribution in [3.63, 3.8) is 0 Å². The Labute approximate surface area is 223 Å². The molecule has 2 N–H and O–H groups in total. The molecule has 1 aromatic carbocycles. The summed E-state index contributed by atoms with van der Waals surface area (Å²) in [6.07, 6.45) is 8.94. The zero-order chi connectivity index (χ0) is 26.5. The second kappa shape index (κ2) is 15.3. The number of rotatable bonds is 14. The molecule has 3 atom stereocenters. The molecule has 200 valence electrons. The topological polar surface area (TPSA) is 97.6 Å². The molecule has 0 spiro atoms. The molecule has 1 aromatic heterocycles. The molecule has 0 saturated heterocycles. The van der Waals surface area contributed by atoms with Gasteiger partial charge in [-0.25, -0.2) is 4.79 Å². The van der Waals surface area contributed by atoms with E-state index in [-0.39, 0.29) is 23.4 Å². The third-order valence-electron chi connectivity index (χ3n) is 6.20. The summed E-state index contributed by atoms with van der Waals surface area (Å²) in [5.74, 6) is 1.61. The van der Waals surface area contributed by atoms with E-state index >= 15 is 0 Å². The number of thioether (sulfide) groups is 1. The van der Waals surface area contributed by atoms with Crippen LogP contribution in [0, 0.1) is 11.8 Å². The Balaban J connectivity index is 1.60. The molecule has 37 heavy (non-hydrogen) atoms. The predicted molar refractivity (Wildman–Crippen MR) is 146 cm³/mol. The summed E-state index contributed by atoms with van der Waals surface area (Å²) in [6, 6.07) is 11.8. The van der Waals surface area contributed by atoms with Crippen LogP contribution in [-0.4, -0.2) is 42.2 Å². The zero-order valence-corrected chi connectivity index (χ0v) is 22.5. The number of amides is 2. The fourth-order valence-corrected chi connectivity index (χ4v) is 5.07. The fraction of sp³-hybridized carbons (Fsp3) is 0.483. The summed E-state index contributed by atoms with van der Waals surface area (Å²) >= 11 is 1.45. The molecule has 3 rings (SSSR count). The average Bonchev–Trinajstić information content (AvgIpc) is 3.41. The number of nitrogens with one attached hydrogen (secondary N) is 2. The van der Waals surface area contributed by atoms with Gasteiger partial charge in [-0.1, -0.05) is 56.3 Å². The predicted octanol–water partition coefficient (Wildman–Crippen LogP) is 5.31. The lowest BCUT2D eigenvalue weighted by Crippen LogP contribution is -2.53. The minimum absolute atomic E-state index is 0.0787. The Morgan fingerprint density at radius 3 is 2.54 bits per heavy atom. The first-order chi connectivity index (χ1) is 17.9. The maximum atomic E-state index is 13.3.